The van der Waals surface area contributed by atoms with Crippen LogP contribution in [0.2, 0.25) is 0 Å². The third-order valence-corrected chi connectivity index (χ3v) is 3.74. The molecule has 0 atom stereocenters. The molecule has 1 N–H and O–H groups in total. The lowest BCUT2D eigenvalue weighted by molar-refractivity contribution is 0.0223. The molecular formula is C12H19N5O. The van der Waals surface area contributed by atoms with Crippen molar-refractivity contribution < 1.29 is 4.79 Å². The van der Waals surface area contributed by atoms with Gasteiger partial charge in [-0.2, -0.15) is 0 Å². The Bertz CT molecular complexity index is 431. The van der Waals surface area contributed by atoms with E-state index in [1.165, 1.54) is 0 Å². The zero-order valence-corrected chi connectivity index (χ0v) is 10.7. The minimum absolute atomic E-state index is 0.0574. The molecule has 1 aromatic heterocycles. The Morgan fingerprint density at radius 1 is 1.39 bits per heavy atom. The van der Waals surface area contributed by atoms with Crippen molar-refractivity contribution in [1.82, 2.24) is 24.7 Å². The molecule has 0 radical (unpaired) electrons. The lowest BCUT2D eigenvalue weighted by atomic mass is 10.1. The molecule has 2 fully saturated rings. The number of hydrogen-bond donors (Lipinski definition) is 1. The Morgan fingerprint density at radius 3 is 2.72 bits per heavy atom. The Labute approximate surface area is 107 Å². The fraction of sp³-hybridized carbons (Fsp3) is 0.667. The van der Waals surface area contributed by atoms with E-state index in [4.69, 9.17) is 0 Å². The van der Waals surface area contributed by atoms with E-state index in [2.05, 4.69) is 15.2 Å². The number of aromatic nitrogens is 2. The summed E-state index contributed by atoms with van der Waals surface area (Å²) in [6, 6.07) is 0.541. The lowest BCUT2D eigenvalue weighted by Gasteiger charge is -2.46. The topological polar surface area (TPSA) is 53.4 Å². The van der Waals surface area contributed by atoms with Crippen molar-refractivity contribution in [2.24, 2.45) is 7.05 Å². The summed E-state index contributed by atoms with van der Waals surface area (Å²) < 4.78 is 1.81. The largest absolute Gasteiger partial charge is 0.340 e. The van der Waals surface area contributed by atoms with Crippen molar-refractivity contribution >= 4 is 5.91 Å². The van der Waals surface area contributed by atoms with Crippen LogP contribution in [0, 0.1) is 0 Å². The molecule has 0 unspecified atom stereocenters. The number of amides is 1. The van der Waals surface area contributed by atoms with Crippen LogP contribution in [-0.2, 0) is 7.05 Å². The van der Waals surface area contributed by atoms with E-state index in [0.29, 0.717) is 11.7 Å². The first-order chi connectivity index (χ1) is 8.74. The SMILES string of the molecule is Cn1cnc(C(=O)N2CC(N3CCNCC3)C2)c1. The maximum atomic E-state index is 12.1. The Balaban J connectivity index is 1.53. The van der Waals surface area contributed by atoms with Crippen LogP contribution in [0.25, 0.3) is 0 Å². The van der Waals surface area contributed by atoms with Crippen molar-refractivity contribution in [2.45, 2.75) is 6.04 Å². The number of nitrogens with one attached hydrogen (secondary N) is 1. The Kier molecular flexibility index (Phi) is 3.05. The molecule has 98 valence electrons. The first-order valence-corrected chi connectivity index (χ1v) is 6.46. The fourth-order valence-corrected chi connectivity index (χ4v) is 2.58. The van der Waals surface area contributed by atoms with Crippen LogP contribution in [0.1, 0.15) is 10.5 Å². The van der Waals surface area contributed by atoms with Gasteiger partial charge in [0.15, 0.2) is 0 Å². The molecule has 3 heterocycles. The number of nitrogens with zero attached hydrogens (tertiary/aromatic N) is 4. The minimum atomic E-state index is 0.0574. The maximum absolute atomic E-state index is 12.1. The van der Waals surface area contributed by atoms with E-state index in [1.54, 1.807) is 17.1 Å². The molecule has 0 aromatic carbocycles. The molecule has 0 aliphatic carbocycles. The lowest BCUT2D eigenvalue weighted by Crippen LogP contribution is -2.63. The van der Waals surface area contributed by atoms with Gasteiger partial charge in [0.1, 0.15) is 5.69 Å². The van der Waals surface area contributed by atoms with Crippen LogP contribution in [0.5, 0.6) is 0 Å². The summed E-state index contributed by atoms with van der Waals surface area (Å²) >= 11 is 0. The minimum Gasteiger partial charge on any atom is -0.340 e. The molecule has 2 aliphatic heterocycles. The standard InChI is InChI=1S/C12H19N5O/c1-15-8-11(14-9-15)12(18)17-6-10(7-17)16-4-2-13-3-5-16/h8-10,13H,2-7H2,1H3. The number of piperazine rings is 1. The Morgan fingerprint density at radius 2 is 2.11 bits per heavy atom. The van der Waals surface area contributed by atoms with Crippen LogP contribution in [-0.4, -0.2) is 70.6 Å². The summed E-state index contributed by atoms with van der Waals surface area (Å²) in [6.45, 7) is 5.99. The average molecular weight is 249 g/mol. The molecule has 0 spiro atoms. The third kappa shape index (κ3) is 2.13. The third-order valence-electron chi connectivity index (χ3n) is 3.74. The molecular weight excluding hydrogens is 230 g/mol. The molecule has 6 nitrogen and oxygen atoms in total. The molecule has 6 heteroatoms. The monoisotopic (exact) mass is 249 g/mol. The molecule has 0 saturated carbocycles. The number of imidazole rings is 1. The predicted molar refractivity (Wildman–Crippen MR) is 67.3 cm³/mol. The van der Waals surface area contributed by atoms with Crippen LogP contribution in [0.3, 0.4) is 0 Å². The highest BCUT2D eigenvalue weighted by molar-refractivity contribution is 5.92. The van der Waals surface area contributed by atoms with E-state index >= 15 is 0 Å². The van der Waals surface area contributed by atoms with Crippen molar-refractivity contribution in [3.63, 3.8) is 0 Å². The van der Waals surface area contributed by atoms with Gasteiger partial charge in [-0.25, -0.2) is 4.98 Å². The highest BCUT2D eigenvalue weighted by atomic mass is 16.2. The number of carbonyl (C=O) groups is 1. The Hall–Kier alpha value is -1.40. The van der Waals surface area contributed by atoms with Gasteiger partial charge in [-0.05, 0) is 0 Å². The zero-order chi connectivity index (χ0) is 12.5. The second-order valence-electron chi connectivity index (χ2n) is 5.07. The summed E-state index contributed by atoms with van der Waals surface area (Å²) in [6.07, 6.45) is 3.45. The maximum Gasteiger partial charge on any atom is 0.274 e. The summed E-state index contributed by atoms with van der Waals surface area (Å²) in [5, 5.41) is 3.35. The summed E-state index contributed by atoms with van der Waals surface area (Å²) in [7, 11) is 1.88. The molecule has 0 bridgehead atoms. The van der Waals surface area contributed by atoms with E-state index in [0.717, 1.165) is 39.3 Å². The van der Waals surface area contributed by atoms with Gasteiger partial charge >= 0.3 is 0 Å². The number of likely N-dealkylation sites (tertiary alicyclic amines) is 1. The van der Waals surface area contributed by atoms with Crippen molar-refractivity contribution in [3.05, 3.63) is 18.2 Å². The first kappa shape index (κ1) is 11.7. The summed E-state index contributed by atoms with van der Waals surface area (Å²) in [4.78, 5) is 20.5. The van der Waals surface area contributed by atoms with Gasteiger partial charge in [0.25, 0.3) is 5.91 Å². The van der Waals surface area contributed by atoms with E-state index < -0.39 is 0 Å². The highest BCUT2D eigenvalue weighted by Crippen LogP contribution is 2.17. The van der Waals surface area contributed by atoms with Crippen LogP contribution < -0.4 is 5.32 Å². The first-order valence-electron chi connectivity index (χ1n) is 6.46. The summed E-state index contributed by atoms with van der Waals surface area (Å²) in [5.41, 5.74) is 0.552. The molecule has 2 aliphatic rings. The molecule has 1 aromatic rings. The van der Waals surface area contributed by atoms with Gasteiger partial charge in [-0.15, -0.1) is 0 Å². The highest BCUT2D eigenvalue weighted by Gasteiger charge is 2.35. The number of carbonyl (C=O) groups excluding carboxylic acids is 1. The number of aryl methyl sites for hydroxylation is 1. The second kappa shape index (κ2) is 4.70. The number of rotatable bonds is 2. The average Bonchev–Trinajstić information content (AvgIpc) is 2.75. The van der Waals surface area contributed by atoms with Gasteiger partial charge in [-0.3, -0.25) is 9.69 Å². The fourth-order valence-electron chi connectivity index (χ4n) is 2.58. The van der Waals surface area contributed by atoms with Gasteiger partial charge < -0.3 is 14.8 Å². The van der Waals surface area contributed by atoms with Gasteiger partial charge in [-0.1, -0.05) is 0 Å². The van der Waals surface area contributed by atoms with Crippen molar-refractivity contribution in [1.29, 1.82) is 0 Å². The van der Waals surface area contributed by atoms with Crippen molar-refractivity contribution in [2.75, 3.05) is 39.3 Å². The summed E-state index contributed by atoms with van der Waals surface area (Å²) in [5.74, 6) is 0.0574. The second-order valence-corrected chi connectivity index (χ2v) is 5.07. The predicted octanol–water partition coefficient (Wildman–Crippen LogP) is -0.850. The molecule has 18 heavy (non-hydrogen) atoms. The molecule has 3 rings (SSSR count). The zero-order valence-electron chi connectivity index (χ0n) is 10.7. The quantitative estimate of drug-likeness (QED) is 0.742. The van der Waals surface area contributed by atoms with Gasteiger partial charge in [0.05, 0.1) is 6.33 Å². The van der Waals surface area contributed by atoms with Gasteiger partial charge in [0, 0.05) is 58.6 Å². The van der Waals surface area contributed by atoms with E-state index in [1.807, 2.05) is 11.9 Å². The molecule has 1 amide bonds. The molecule has 2 saturated heterocycles. The number of hydrogen-bond acceptors (Lipinski definition) is 4. The van der Waals surface area contributed by atoms with E-state index in [9.17, 15) is 4.79 Å². The van der Waals surface area contributed by atoms with Crippen LogP contribution in [0.4, 0.5) is 0 Å². The van der Waals surface area contributed by atoms with Crippen molar-refractivity contribution in [3.8, 4) is 0 Å². The smallest absolute Gasteiger partial charge is 0.274 e. The normalized spacial score (nSPS) is 21.9. The van der Waals surface area contributed by atoms with E-state index in [-0.39, 0.29) is 5.91 Å². The van der Waals surface area contributed by atoms with Gasteiger partial charge in [0.2, 0.25) is 0 Å². The van der Waals surface area contributed by atoms with Crippen LogP contribution >= 0.6 is 0 Å². The van der Waals surface area contributed by atoms with Crippen LogP contribution in [0.15, 0.2) is 12.5 Å².